The fourth-order valence-corrected chi connectivity index (χ4v) is 3.12. The van der Waals surface area contributed by atoms with Gasteiger partial charge in [0.25, 0.3) is 0 Å². The van der Waals surface area contributed by atoms with Crippen molar-refractivity contribution in [2.45, 2.75) is 25.9 Å². The number of esters is 1. The third-order valence-electron chi connectivity index (χ3n) is 4.24. The number of methoxy groups -OCH3 is 2. The minimum atomic E-state index is -0.355. The van der Waals surface area contributed by atoms with E-state index in [4.69, 9.17) is 19.0 Å². The molecule has 6 nitrogen and oxygen atoms in total. The summed E-state index contributed by atoms with van der Waals surface area (Å²) in [6.07, 6.45) is 2.93. The van der Waals surface area contributed by atoms with E-state index in [1.807, 2.05) is 30.3 Å². The summed E-state index contributed by atoms with van der Waals surface area (Å²) in [5.74, 6) is 1.46. The first-order chi connectivity index (χ1) is 12.6. The maximum absolute atomic E-state index is 11.3. The van der Waals surface area contributed by atoms with Gasteiger partial charge in [-0.25, -0.2) is 0 Å². The third-order valence-corrected chi connectivity index (χ3v) is 4.24. The summed E-state index contributed by atoms with van der Waals surface area (Å²) in [4.78, 5) is 17.1. The van der Waals surface area contributed by atoms with Gasteiger partial charge in [-0.3, -0.25) is 4.79 Å². The van der Waals surface area contributed by atoms with Gasteiger partial charge < -0.3 is 19.0 Å². The number of aryl methyl sites for hydroxylation is 1. The van der Waals surface area contributed by atoms with Gasteiger partial charge >= 0.3 is 5.97 Å². The Hall–Kier alpha value is -3.02. The Morgan fingerprint density at radius 3 is 2.38 bits per heavy atom. The summed E-state index contributed by atoms with van der Waals surface area (Å²) in [6.45, 7) is 1.39. The predicted molar refractivity (Wildman–Crippen MR) is 97.0 cm³/mol. The maximum Gasteiger partial charge on any atom is 0.308 e. The summed E-state index contributed by atoms with van der Waals surface area (Å²) < 4.78 is 16.0. The Balaban J connectivity index is 1.81. The molecule has 0 aromatic heterocycles. The molecule has 0 heterocycles. The molecule has 0 fully saturated rings. The summed E-state index contributed by atoms with van der Waals surface area (Å²) >= 11 is 0. The molecule has 1 unspecified atom stereocenters. The van der Waals surface area contributed by atoms with Crippen molar-refractivity contribution >= 4 is 12.2 Å². The van der Waals surface area contributed by atoms with Crippen LogP contribution in [0.3, 0.4) is 0 Å². The summed E-state index contributed by atoms with van der Waals surface area (Å²) in [5.41, 5.74) is 2.69. The summed E-state index contributed by atoms with van der Waals surface area (Å²) in [5, 5.41) is 4.13. The Bertz CT molecular complexity index is 809. The summed E-state index contributed by atoms with van der Waals surface area (Å²) in [7, 11) is 3.18. The average molecular weight is 355 g/mol. The lowest BCUT2D eigenvalue weighted by Crippen LogP contribution is -2.06. The Morgan fingerprint density at radius 1 is 1.08 bits per heavy atom. The van der Waals surface area contributed by atoms with E-state index in [-0.39, 0.29) is 12.1 Å². The molecule has 0 aliphatic heterocycles. The van der Waals surface area contributed by atoms with Crippen molar-refractivity contribution in [3.05, 3.63) is 53.1 Å². The van der Waals surface area contributed by atoms with E-state index in [1.165, 1.54) is 6.92 Å². The normalized spacial score (nSPS) is 15.6. The van der Waals surface area contributed by atoms with Crippen LogP contribution in [0.25, 0.3) is 0 Å². The monoisotopic (exact) mass is 355 g/mol. The van der Waals surface area contributed by atoms with Crippen LogP contribution in [-0.2, 0) is 16.1 Å². The number of ether oxygens (including phenoxy) is 3. The maximum atomic E-state index is 11.3. The number of carbonyl (C=O) groups excluding carboxylic acids is 1. The van der Waals surface area contributed by atoms with E-state index >= 15 is 0 Å². The van der Waals surface area contributed by atoms with E-state index in [0.717, 1.165) is 24.0 Å². The van der Waals surface area contributed by atoms with Gasteiger partial charge in [-0.05, 0) is 36.6 Å². The molecular formula is C20H21NO5. The van der Waals surface area contributed by atoms with Gasteiger partial charge in [-0.1, -0.05) is 23.4 Å². The van der Waals surface area contributed by atoms with Crippen molar-refractivity contribution in [3.63, 3.8) is 0 Å². The fraction of sp³-hybridized carbons (Fsp3) is 0.300. The smallest absolute Gasteiger partial charge is 0.308 e. The summed E-state index contributed by atoms with van der Waals surface area (Å²) in [6, 6.07) is 11.2. The second-order valence-electron chi connectivity index (χ2n) is 5.87. The topological polar surface area (TPSA) is 66.3 Å². The van der Waals surface area contributed by atoms with Gasteiger partial charge in [0.2, 0.25) is 0 Å². The lowest BCUT2D eigenvalue weighted by atomic mass is 10.1. The number of rotatable bonds is 6. The standard InChI is InChI=1S/C20H21NO5/c1-13(22)25-18-9-4-6-14-10-11-19(20(14)18)26-21-12-15-16(23-2)7-5-8-17(15)24-3/h4-9,12,19H,10-11H2,1-3H3/b21-12+. The Labute approximate surface area is 152 Å². The van der Waals surface area contributed by atoms with Crippen LogP contribution in [0.2, 0.25) is 0 Å². The highest BCUT2D eigenvalue weighted by Gasteiger charge is 2.28. The van der Waals surface area contributed by atoms with Gasteiger partial charge in [0, 0.05) is 12.5 Å². The Kier molecular flexibility index (Phi) is 5.41. The second kappa shape index (κ2) is 7.91. The molecule has 1 atom stereocenters. The van der Waals surface area contributed by atoms with Crippen LogP contribution >= 0.6 is 0 Å². The predicted octanol–water partition coefficient (Wildman–Crippen LogP) is 3.67. The molecule has 2 aromatic rings. The number of hydrogen-bond acceptors (Lipinski definition) is 6. The number of benzene rings is 2. The molecule has 26 heavy (non-hydrogen) atoms. The minimum Gasteiger partial charge on any atom is -0.496 e. The third kappa shape index (κ3) is 3.64. The minimum absolute atomic E-state index is 0.266. The van der Waals surface area contributed by atoms with Crippen molar-refractivity contribution in [1.82, 2.24) is 0 Å². The molecule has 0 amide bonds. The van der Waals surface area contributed by atoms with E-state index in [0.29, 0.717) is 22.8 Å². The van der Waals surface area contributed by atoms with Crippen molar-refractivity contribution in [2.75, 3.05) is 14.2 Å². The zero-order valence-electron chi connectivity index (χ0n) is 15.0. The molecule has 0 saturated heterocycles. The van der Waals surface area contributed by atoms with Crippen molar-refractivity contribution in [3.8, 4) is 17.2 Å². The van der Waals surface area contributed by atoms with Crippen molar-refractivity contribution < 1.29 is 23.8 Å². The van der Waals surface area contributed by atoms with E-state index in [1.54, 1.807) is 26.5 Å². The van der Waals surface area contributed by atoms with Crippen LogP contribution in [0.15, 0.2) is 41.6 Å². The molecule has 136 valence electrons. The first kappa shape index (κ1) is 17.8. The van der Waals surface area contributed by atoms with E-state index in [9.17, 15) is 4.79 Å². The SMILES string of the molecule is COc1cccc(OC)c1/C=N/OC1CCc2cccc(OC(C)=O)c21. The Morgan fingerprint density at radius 2 is 1.73 bits per heavy atom. The molecular weight excluding hydrogens is 334 g/mol. The number of nitrogens with zero attached hydrogens (tertiary/aromatic N) is 1. The molecule has 2 aromatic carbocycles. The van der Waals surface area contributed by atoms with Gasteiger partial charge in [0.15, 0.2) is 6.10 Å². The van der Waals surface area contributed by atoms with E-state index < -0.39 is 0 Å². The first-order valence-corrected chi connectivity index (χ1v) is 8.34. The molecule has 0 spiro atoms. The molecule has 0 N–H and O–H groups in total. The van der Waals surface area contributed by atoms with E-state index in [2.05, 4.69) is 5.16 Å². The van der Waals surface area contributed by atoms with Crippen molar-refractivity contribution in [1.29, 1.82) is 0 Å². The molecule has 0 bridgehead atoms. The van der Waals surface area contributed by atoms with Crippen LogP contribution in [0, 0.1) is 0 Å². The molecule has 1 aliphatic rings. The highest BCUT2D eigenvalue weighted by molar-refractivity contribution is 5.87. The first-order valence-electron chi connectivity index (χ1n) is 8.34. The zero-order valence-corrected chi connectivity index (χ0v) is 15.0. The highest BCUT2D eigenvalue weighted by Crippen LogP contribution is 2.40. The number of hydrogen-bond donors (Lipinski definition) is 0. The highest BCUT2D eigenvalue weighted by atomic mass is 16.6. The van der Waals surface area contributed by atoms with Gasteiger partial charge in [0.1, 0.15) is 17.2 Å². The fourth-order valence-electron chi connectivity index (χ4n) is 3.12. The largest absolute Gasteiger partial charge is 0.496 e. The second-order valence-corrected chi connectivity index (χ2v) is 5.87. The number of carbonyl (C=O) groups is 1. The molecule has 0 radical (unpaired) electrons. The van der Waals surface area contributed by atoms with Gasteiger partial charge in [0.05, 0.1) is 26.0 Å². The van der Waals surface area contributed by atoms with Crippen LogP contribution in [0.5, 0.6) is 17.2 Å². The molecule has 6 heteroatoms. The lowest BCUT2D eigenvalue weighted by Gasteiger charge is -2.14. The van der Waals surface area contributed by atoms with Gasteiger partial charge in [-0.2, -0.15) is 0 Å². The van der Waals surface area contributed by atoms with Crippen LogP contribution in [0.4, 0.5) is 0 Å². The quantitative estimate of drug-likeness (QED) is 0.342. The molecule has 1 aliphatic carbocycles. The number of oxime groups is 1. The molecule has 0 saturated carbocycles. The van der Waals surface area contributed by atoms with Crippen LogP contribution in [0.1, 0.15) is 36.1 Å². The lowest BCUT2D eigenvalue weighted by molar-refractivity contribution is -0.132. The van der Waals surface area contributed by atoms with Crippen LogP contribution < -0.4 is 14.2 Å². The van der Waals surface area contributed by atoms with Gasteiger partial charge in [-0.15, -0.1) is 0 Å². The van der Waals surface area contributed by atoms with Crippen LogP contribution in [-0.4, -0.2) is 26.4 Å². The number of fused-ring (bicyclic) bond motifs is 1. The zero-order chi connectivity index (χ0) is 18.5. The van der Waals surface area contributed by atoms with Crippen molar-refractivity contribution in [2.24, 2.45) is 5.16 Å². The molecule has 3 rings (SSSR count). The average Bonchev–Trinajstić information content (AvgIpc) is 3.05.